The molecule has 6 heteroatoms. The Morgan fingerprint density at radius 3 is 3.05 bits per heavy atom. The number of amides is 1. The Bertz CT molecular complexity index is 538. The quantitative estimate of drug-likeness (QED) is 0.938. The first-order valence-electron chi connectivity index (χ1n) is 6.84. The van der Waals surface area contributed by atoms with E-state index in [-0.39, 0.29) is 5.91 Å². The molecule has 0 spiro atoms. The molecule has 0 bridgehead atoms. The maximum absolute atomic E-state index is 12.3. The Kier molecular flexibility index (Phi) is 4.13. The van der Waals surface area contributed by atoms with E-state index in [9.17, 15) is 4.79 Å². The van der Waals surface area contributed by atoms with Crippen LogP contribution in [0, 0.1) is 0 Å². The van der Waals surface area contributed by atoms with Gasteiger partial charge in [-0.2, -0.15) is 11.3 Å². The van der Waals surface area contributed by atoms with Gasteiger partial charge in [0.2, 0.25) is 0 Å². The fourth-order valence-corrected chi connectivity index (χ4v) is 3.14. The molecule has 3 heterocycles. The Morgan fingerprint density at radius 2 is 2.30 bits per heavy atom. The normalized spacial score (nSPS) is 17.1. The highest BCUT2D eigenvalue weighted by Gasteiger charge is 2.20. The highest BCUT2D eigenvalue weighted by atomic mass is 32.1. The molecule has 2 aromatic heterocycles. The molecule has 5 nitrogen and oxygen atoms in total. The molecule has 0 saturated carbocycles. The maximum atomic E-state index is 12.3. The Hall–Kier alpha value is -1.66. The topological polar surface area (TPSA) is 52.2 Å². The number of nitrogens with one attached hydrogen (secondary N) is 1. The molecule has 0 aliphatic carbocycles. The molecule has 1 fully saturated rings. The van der Waals surface area contributed by atoms with Gasteiger partial charge in [0.25, 0.3) is 5.91 Å². The maximum Gasteiger partial charge on any atom is 0.254 e. The highest BCUT2D eigenvalue weighted by molar-refractivity contribution is 7.08. The van der Waals surface area contributed by atoms with E-state index in [1.165, 1.54) is 0 Å². The molecule has 1 N–H and O–H groups in total. The van der Waals surface area contributed by atoms with Crippen LogP contribution in [0.4, 0.5) is 0 Å². The van der Waals surface area contributed by atoms with Crippen molar-refractivity contribution in [3.8, 4) is 0 Å². The van der Waals surface area contributed by atoms with Crippen LogP contribution in [0.25, 0.3) is 0 Å². The van der Waals surface area contributed by atoms with Gasteiger partial charge >= 0.3 is 0 Å². The summed E-state index contributed by atoms with van der Waals surface area (Å²) in [6.07, 6.45) is 4.59. The van der Waals surface area contributed by atoms with Crippen molar-refractivity contribution in [1.29, 1.82) is 0 Å². The largest absolute Gasteiger partial charge is 0.347 e. The standard InChI is InChI=1S/C14H18N4OS/c19-14(12-2-7-20-10-12)18-4-1-3-17(5-6-18)9-13-8-15-11-16-13/h2,7-8,10-11H,1,3-6,9H2,(H,15,16). The van der Waals surface area contributed by atoms with Crippen molar-refractivity contribution in [2.75, 3.05) is 26.2 Å². The second-order valence-corrected chi connectivity index (χ2v) is 5.79. The summed E-state index contributed by atoms with van der Waals surface area (Å²) in [4.78, 5) is 23.8. The van der Waals surface area contributed by atoms with Crippen LogP contribution in [0.3, 0.4) is 0 Å². The van der Waals surface area contributed by atoms with Crippen LogP contribution < -0.4 is 0 Å². The number of carbonyl (C=O) groups excluding carboxylic acids is 1. The molecular formula is C14H18N4OS. The van der Waals surface area contributed by atoms with Gasteiger partial charge in [0.05, 0.1) is 11.9 Å². The van der Waals surface area contributed by atoms with Gasteiger partial charge in [-0.1, -0.05) is 0 Å². The van der Waals surface area contributed by atoms with E-state index in [0.29, 0.717) is 0 Å². The van der Waals surface area contributed by atoms with E-state index in [1.54, 1.807) is 17.7 Å². The average molecular weight is 290 g/mol. The van der Waals surface area contributed by atoms with Gasteiger partial charge < -0.3 is 9.88 Å². The summed E-state index contributed by atoms with van der Waals surface area (Å²) in [6, 6.07) is 1.90. The molecule has 1 amide bonds. The minimum Gasteiger partial charge on any atom is -0.347 e. The van der Waals surface area contributed by atoms with Crippen LogP contribution >= 0.6 is 11.3 Å². The van der Waals surface area contributed by atoms with Crippen molar-refractivity contribution in [3.05, 3.63) is 40.6 Å². The number of rotatable bonds is 3. The molecule has 0 aromatic carbocycles. The average Bonchev–Trinajstić information content (AvgIpc) is 3.10. The zero-order valence-electron chi connectivity index (χ0n) is 11.3. The Labute approximate surface area is 122 Å². The molecule has 1 saturated heterocycles. The van der Waals surface area contributed by atoms with Gasteiger partial charge in [-0.05, 0) is 17.9 Å². The number of H-pyrrole nitrogens is 1. The molecule has 2 aromatic rings. The lowest BCUT2D eigenvalue weighted by atomic mass is 10.3. The lowest BCUT2D eigenvalue weighted by molar-refractivity contribution is 0.0761. The number of aromatic nitrogens is 2. The van der Waals surface area contributed by atoms with Crippen LogP contribution in [0.5, 0.6) is 0 Å². The van der Waals surface area contributed by atoms with Crippen molar-refractivity contribution in [2.45, 2.75) is 13.0 Å². The number of carbonyl (C=O) groups is 1. The van der Waals surface area contributed by atoms with E-state index in [2.05, 4.69) is 14.9 Å². The number of aromatic amines is 1. The van der Waals surface area contributed by atoms with Gasteiger partial charge in [0.15, 0.2) is 0 Å². The highest BCUT2D eigenvalue weighted by Crippen LogP contribution is 2.13. The van der Waals surface area contributed by atoms with Gasteiger partial charge in [-0.3, -0.25) is 9.69 Å². The van der Waals surface area contributed by atoms with Gasteiger partial charge in [-0.15, -0.1) is 0 Å². The third kappa shape index (κ3) is 3.08. The summed E-state index contributed by atoms with van der Waals surface area (Å²) in [5, 5.41) is 3.88. The van der Waals surface area contributed by atoms with E-state index in [4.69, 9.17) is 0 Å². The van der Waals surface area contributed by atoms with Crippen molar-refractivity contribution >= 4 is 17.2 Å². The zero-order valence-corrected chi connectivity index (χ0v) is 12.1. The lowest BCUT2D eigenvalue weighted by Gasteiger charge is -2.21. The predicted octanol–water partition coefficient (Wildman–Crippen LogP) is 1.82. The van der Waals surface area contributed by atoms with Gasteiger partial charge in [0, 0.05) is 50.0 Å². The van der Waals surface area contributed by atoms with Gasteiger partial charge in [0.1, 0.15) is 0 Å². The molecule has 1 aliphatic rings. The number of imidazole rings is 1. The summed E-state index contributed by atoms with van der Waals surface area (Å²) in [5.74, 6) is 0.162. The third-order valence-electron chi connectivity index (χ3n) is 3.59. The molecule has 0 radical (unpaired) electrons. The van der Waals surface area contributed by atoms with Crippen molar-refractivity contribution in [2.24, 2.45) is 0 Å². The molecular weight excluding hydrogens is 272 g/mol. The molecule has 0 unspecified atom stereocenters. The Morgan fingerprint density at radius 1 is 1.35 bits per heavy atom. The first-order chi connectivity index (χ1) is 9.83. The molecule has 20 heavy (non-hydrogen) atoms. The van der Waals surface area contributed by atoms with E-state index in [0.717, 1.165) is 50.4 Å². The first-order valence-corrected chi connectivity index (χ1v) is 7.78. The third-order valence-corrected chi connectivity index (χ3v) is 4.28. The molecule has 106 valence electrons. The zero-order chi connectivity index (χ0) is 13.8. The molecule has 1 aliphatic heterocycles. The van der Waals surface area contributed by atoms with Crippen LogP contribution in [-0.4, -0.2) is 51.9 Å². The smallest absolute Gasteiger partial charge is 0.254 e. The number of hydrogen-bond acceptors (Lipinski definition) is 4. The number of nitrogens with zero attached hydrogens (tertiary/aromatic N) is 3. The molecule has 0 atom stereocenters. The number of hydrogen-bond donors (Lipinski definition) is 1. The predicted molar refractivity (Wildman–Crippen MR) is 78.7 cm³/mol. The van der Waals surface area contributed by atoms with Crippen molar-refractivity contribution in [1.82, 2.24) is 19.8 Å². The molecule has 3 rings (SSSR count). The monoisotopic (exact) mass is 290 g/mol. The second kappa shape index (κ2) is 6.19. The minimum atomic E-state index is 0.162. The summed E-state index contributed by atoms with van der Waals surface area (Å²) in [6.45, 7) is 4.44. The fourth-order valence-electron chi connectivity index (χ4n) is 2.51. The van der Waals surface area contributed by atoms with E-state index >= 15 is 0 Å². The van der Waals surface area contributed by atoms with Crippen LogP contribution in [0.15, 0.2) is 29.4 Å². The van der Waals surface area contributed by atoms with E-state index in [1.807, 2.05) is 27.9 Å². The summed E-state index contributed by atoms with van der Waals surface area (Å²) < 4.78 is 0. The van der Waals surface area contributed by atoms with E-state index < -0.39 is 0 Å². The minimum absolute atomic E-state index is 0.162. The second-order valence-electron chi connectivity index (χ2n) is 5.01. The van der Waals surface area contributed by atoms with Crippen LogP contribution in [0.1, 0.15) is 22.5 Å². The fraction of sp³-hybridized carbons (Fsp3) is 0.429. The van der Waals surface area contributed by atoms with Crippen molar-refractivity contribution in [3.63, 3.8) is 0 Å². The summed E-state index contributed by atoms with van der Waals surface area (Å²) in [5.41, 5.74) is 1.94. The van der Waals surface area contributed by atoms with Crippen LogP contribution in [0.2, 0.25) is 0 Å². The number of thiophene rings is 1. The lowest BCUT2D eigenvalue weighted by Crippen LogP contribution is -2.34. The summed E-state index contributed by atoms with van der Waals surface area (Å²) in [7, 11) is 0. The summed E-state index contributed by atoms with van der Waals surface area (Å²) >= 11 is 1.57. The SMILES string of the molecule is O=C(c1ccsc1)N1CCCN(Cc2cnc[nH]2)CC1. The first kappa shape index (κ1) is 13.3. The van der Waals surface area contributed by atoms with Crippen LogP contribution in [-0.2, 0) is 6.54 Å². The Balaban J connectivity index is 1.58. The van der Waals surface area contributed by atoms with Gasteiger partial charge in [-0.25, -0.2) is 4.98 Å². The van der Waals surface area contributed by atoms with Crippen molar-refractivity contribution < 1.29 is 4.79 Å².